The average molecular weight is 362 g/mol. The topological polar surface area (TPSA) is 64.0 Å². The molecule has 5 nitrogen and oxygen atoms in total. The van der Waals surface area contributed by atoms with Gasteiger partial charge in [0.2, 0.25) is 5.91 Å². The molecule has 2 heterocycles. The molecule has 2 aromatic heterocycles. The van der Waals surface area contributed by atoms with Crippen LogP contribution in [0.5, 0.6) is 0 Å². The van der Waals surface area contributed by atoms with Crippen LogP contribution in [0.1, 0.15) is 18.2 Å². The van der Waals surface area contributed by atoms with Crippen molar-refractivity contribution >= 4 is 44.7 Å². The predicted octanol–water partition coefficient (Wildman–Crippen LogP) is 3.70. The van der Waals surface area contributed by atoms with E-state index in [4.69, 9.17) is 11.6 Å². The van der Waals surface area contributed by atoms with Crippen LogP contribution in [0.3, 0.4) is 0 Å². The molecule has 1 aromatic carbocycles. The van der Waals surface area contributed by atoms with Crippen molar-refractivity contribution in [2.45, 2.75) is 26.3 Å². The lowest BCUT2D eigenvalue weighted by atomic mass is 10.3. The van der Waals surface area contributed by atoms with Gasteiger partial charge in [-0.25, -0.2) is 4.98 Å². The number of amides is 1. The normalized spacial score (nSPS) is 10.9. The summed E-state index contributed by atoms with van der Waals surface area (Å²) in [4.78, 5) is 30.7. The second-order valence-corrected chi connectivity index (χ2v) is 6.89. The van der Waals surface area contributed by atoms with Gasteiger partial charge in [0.1, 0.15) is 4.83 Å². The minimum absolute atomic E-state index is 0.105. The van der Waals surface area contributed by atoms with Gasteiger partial charge in [-0.05, 0) is 30.7 Å². The molecule has 3 rings (SSSR count). The number of aryl methyl sites for hydroxylation is 2. The van der Waals surface area contributed by atoms with Gasteiger partial charge >= 0.3 is 0 Å². The number of fused-ring (bicyclic) bond motifs is 1. The molecule has 0 atom stereocenters. The summed E-state index contributed by atoms with van der Waals surface area (Å²) in [6.45, 7) is 2.33. The number of hydrogen-bond acceptors (Lipinski definition) is 4. The number of benzene rings is 1. The van der Waals surface area contributed by atoms with E-state index in [1.807, 2.05) is 13.0 Å². The van der Waals surface area contributed by atoms with E-state index in [1.165, 1.54) is 22.2 Å². The number of hydrogen-bond donors (Lipinski definition) is 1. The van der Waals surface area contributed by atoms with Gasteiger partial charge in [-0.15, -0.1) is 11.3 Å². The van der Waals surface area contributed by atoms with Crippen molar-refractivity contribution in [2.75, 3.05) is 5.32 Å². The minimum Gasteiger partial charge on any atom is -0.326 e. The second kappa shape index (κ2) is 7.15. The molecule has 0 saturated carbocycles. The summed E-state index contributed by atoms with van der Waals surface area (Å²) >= 11 is 7.42. The third-order valence-electron chi connectivity index (χ3n) is 3.61. The van der Waals surface area contributed by atoms with E-state index >= 15 is 0 Å². The van der Waals surface area contributed by atoms with Gasteiger partial charge in [-0.1, -0.05) is 24.6 Å². The summed E-state index contributed by atoms with van der Waals surface area (Å²) in [6.07, 6.45) is 2.57. The van der Waals surface area contributed by atoms with Crippen LogP contribution in [0.2, 0.25) is 5.02 Å². The van der Waals surface area contributed by atoms with Crippen LogP contribution in [-0.2, 0) is 17.8 Å². The van der Waals surface area contributed by atoms with Gasteiger partial charge in [-0.3, -0.25) is 14.2 Å². The first kappa shape index (κ1) is 16.7. The average Bonchev–Trinajstić information content (AvgIpc) is 2.98. The van der Waals surface area contributed by atoms with Gasteiger partial charge in [0, 0.05) is 28.6 Å². The molecule has 0 spiro atoms. The summed E-state index contributed by atoms with van der Waals surface area (Å²) in [6, 6.07) is 8.83. The zero-order valence-corrected chi connectivity index (χ0v) is 14.7. The van der Waals surface area contributed by atoms with Crippen LogP contribution in [0.15, 0.2) is 41.5 Å². The number of thiophene rings is 1. The third-order valence-corrected chi connectivity index (χ3v) is 5.03. The van der Waals surface area contributed by atoms with E-state index in [-0.39, 0.29) is 24.4 Å². The SMILES string of the molecule is CCc1cc2c(=O)n(CCC(=O)Nc3cccc(Cl)c3)cnc2s1. The Morgan fingerprint density at radius 3 is 2.96 bits per heavy atom. The van der Waals surface area contributed by atoms with E-state index in [9.17, 15) is 9.59 Å². The van der Waals surface area contributed by atoms with Gasteiger partial charge < -0.3 is 5.32 Å². The van der Waals surface area contributed by atoms with E-state index in [0.29, 0.717) is 16.1 Å². The summed E-state index contributed by atoms with van der Waals surface area (Å²) in [7, 11) is 0. The van der Waals surface area contributed by atoms with E-state index in [1.54, 1.807) is 24.3 Å². The molecule has 24 heavy (non-hydrogen) atoms. The van der Waals surface area contributed by atoms with Crippen LogP contribution in [0.25, 0.3) is 10.2 Å². The Hall–Kier alpha value is -2.18. The maximum Gasteiger partial charge on any atom is 0.262 e. The van der Waals surface area contributed by atoms with Crippen LogP contribution in [0, 0.1) is 0 Å². The van der Waals surface area contributed by atoms with Gasteiger partial charge in [0.05, 0.1) is 11.7 Å². The monoisotopic (exact) mass is 361 g/mol. The van der Waals surface area contributed by atoms with E-state index < -0.39 is 0 Å². The minimum atomic E-state index is -0.177. The molecule has 0 saturated heterocycles. The Morgan fingerprint density at radius 1 is 1.38 bits per heavy atom. The standard InChI is InChI=1S/C17H16ClN3O2S/c1-2-13-9-14-16(24-13)19-10-21(17(14)23)7-6-15(22)20-12-5-3-4-11(18)8-12/h3-5,8-10H,2,6-7H2,1H3,(H,20,22). The summed E-state index contributed by atoms with van der Waals surface area (Å²) in [5.41, 5.74) is 0.533. The van der Waals surface area contributed by atoms with Gasteiger partial charge in [0.15, 0.2) is 0 Å². The van der Waals surface area contributed by atoms with Gasteiger partial charge in [0.25, 0.3) is 5.56 Å². The lowest BCUT2D eigenvalue weighted by molar-refractivity contribution is -0.116. The number of nitrogens with zero attached hydrogens (tertiary/aromatic N) is 2. The van der Waals surface area contributed by atoms with Crippen LogP contribution in [-0.4, -0.2) is 15.5 Å². The van der Waals surface area contributed by atoms with Crippen molar-refractivity contribution in [2.24, 2.45) is 0 Å². The molecule has 124 valence electrons. The molecular formula is C17H16ClN3O2S. The lowest BCUT2D eigenvalue weighted by Crippen LogP contribution is -2.23. The molecule has 0 unspecified atom stereocenters. The number of aromatic nitrogens is 2. The first-order valence-electron chi connectivity index (χ1n) is 7.60. The Morgan fingerprint density at radius 2 is 2.21 bits per heavy atom. The number of halogens is 1. The molecule has 1 N–H and O–H groups in total. The highest BCUT2D eigenvalue weighted by atomic mass is 35.5. The van der Waals surface area contributed by atoms with Crippen molar-refractivity contribution in [3.63, 3.8) is 0 Å². The van der Waals surface area contributed by atoms with Crippen molar-refractivity contribution in [3.8, 4) is 0 Å². The molecule has 3 aromatic rings. The molecule has 0 aliphatic carbocycles. The van der Waals surface area contributed by atoms with E-state index in [0.717, 1.165) is 16.1 Å². The molecule has 1 amide bonds. The largest absolute Gasteiger partial charge is 0.326 e. The Bertz CT molecular complexity index is 948. The van der Waals surface area contributed by atoms with Crippen molar-refractivity contribution in [1.82, 2.24) is 9.55 Å². The lowest BCUT2D eigenvalue weighted by Gasteiger charge is -2.07. The molecular weight excluding hydrogens is 346 g/mol. The number of nitrogens with one attached hydrogen (secondary N) is 1. The first-order valence-corrected chi connectivity index (χ1v) is 8.79. The fourth-order valence-electron chi connectivity index (χ4n) is 2.35. The second-order valence-electron chi connectivity index (χ2n) is 5.34. The van der Waals surface area contributed by atoms with E-state index in [2.05, 4.69) is 10.3 Å². The van der Waals surface area contributed by atoms with Gasteiger partial charge in [-0.2, -0.15) is 0 Å². The van der Waals surface area contributed by atoms with Crippen molar-refractivity contribution in [3.05, 3.63) is 56.9 Å². The molecule has 0 aliphatic rings. The fraction of sp³-hybridized carbons (Fsp3) is 0.235. The number of anilines is 1. The predicted molar refractivity (Wildman–Crippen MR) is 98.0 cm³/mol. The molecule has 0 radical (unpaired) electrons. The summed E-state index contributed by atoms with van der Waals surface area (Å²) in [5, 5.41) is 3.94. The number of rotatable bonds is 5. The number of carbonyl (C=O) groups is 1. The molecule has 0 fully saturated rings. The molecule has 0 bridgehead atoms. The zero-order valence-electron chi connectivity index (χ0n) is 13.1. The van der Waals surface area contributed by atoms with Crippen molar-refractivity contribution < 1.29 is 4.79 Å². The highest BCUT2D eigenvalue weighted by Crippen LogP contribution is 2.21. The Kier molecular flexibility index (Phi) is 4.97. The maximum atomic E-state index is 12.5. The molecule has 0 aliphatic heterocycles. The quantitative estimate of drug-likeness (QED) is 0.753. The first-order chi connectivity index (χ1) is 11.6. The van der Waals surface area contributed by atoms with Crippen LogP contribution < -0.4 is 10.9 Å². The highest BCUT2D eigenvalue weighted by molar-refractivity contribution is 7.18. The highest BCUT2D eigenvalue weighted by Gasteiger charge is 2.10. The van der Waals surface area contributed by atoms with Crippen LogP contribution in [0.4, 0.5) is 5.69 Å². The Labute approximate surface area is 147 Å². The summed E-state index contributed by atoms with van der Waals surface area (Å²) < 4.78 is 1.48. The third kappa shape index (κ3) is 3.66. The fourth-order valence-corrected chi connectivity index (χ4v) is 3.47. The number of carbonyl (C=O) groups excluding carboxylic acids is 1. The van der Waals surface area contributed by atoms with Crippen LogP contribution >= 0.6 is 22.9 Å². The maximum absolute atomic E-state index is 12.5. The zero-order chi connectivity index (χ0) is 17.1. The molecule has 7 heteroatoms. The summed E-state index contributed by atoms with van der Waals surface area (Å²) in [5.74, 6) is -0.177. The smallest absolute Gasteiger partial charge is 0.262 e. The van der Waals surface area contributed by atoms with Crippen molar-refractivity contribution in [1.29, 1.82) is 0 Å². The Balaban J connectivity index is 1.70.